The number of rotatable bonds is 4. The second kappa shape index (κ2) is 4.60. The van der Waals surface area contributed by atoms with Crippen molar-refractivity contribution in [3.05, 3.63) is 0 Å². The van der Waals surface area contributed by atoms with Gasteiger partial charge in [-0.2, -0.15) is 0 Å². The van der Waals surface area contributed by atoms with Crippen molar-refractivity contribution in [3.8, 4) is 0 Å². The van der Waals surface area contributed by atoms with Crippen molar-refractivity contribution in [1.29, 1.82) is 0 Å². The zero-order valence-electron chi connectivity index (χ0n) is 9.11. The number of nitrogens with zero attached hydrogens (tertiary/aromatic N) is 1. The molecular weight excluding hydrogens is 176 g/mol. The number of likely N-dealkylation sites (N-methyl/N-ethyl adjacent to an activating group) is 1. The Balaban J connectivity index is 1.72. The molecule has 1 heterocycles. The molecule has 1 aliphatic carbocycles. The highest BCUT2D eigenvalue weighted by molar-refractivity contribution is 4.84. The van der Waals surface area contributed by atoms with Crippen LogP contribution in [0.15, 0.2) is 0 Å². The molecule has 0 aromatic heterocycles. The zero-order chi connectivity index (χ0) is 9.97. The monoisotopic (exact) mass is 198 g/mol. The van der Waals surface area contributed by atoms with E-state index in [1.165, 1.54) is 19.3 Å². The van der Waals surface area contributed by atoms with Crippen molar-refractivity contribution < 1.29 is 4.74 Å². The summed E-state index contributed by atoms with van der Waals surface area (Å²) in [5.41, 5.74) is 6.17. The van der Waals surface area contributed by atoms with E-state index in [2.05, 4.69) is 11.9 Å². The molecule has 1 saturated carbocycles. The van der Waals surface area contributed by atoms with Gasteiger partial charge in [0.2, 0.25) is 0 Å². The van der Waals surface area contributed by atoms with E-state index in [9.17, 15) is 0 Å². The van der Waals surface area contributed by atoms with Gasteiger partial charge in [-0.1, -0.05) is 6.42 Å². The molecule has 0 bridgehead atoms. The molecule has 0 aromatic rings. The number of nitrogens with two attached hydrogens (primary N) is 1. The predicted molar refractivity (Wildman–Crippen MR) is 57.2 cm³/mol. The molecule has 2 fully saturated rings. The van der Waals surface area contributed by atoms with Crippen LogP contribution in [-0.4, -0.2) is 43.8 Å². The van der Waals surface area contributed by atoms with Gasteiger partial charge in [0.05, 0.1) is 6.61 Å². The van der Waals surface area contributed by atoms with Gasteiger partial charge in [-0.05, 0) is 26.3 Å². The highest BCUT2D eigenvalue weighted by Crippen LogP contribution is 2.24. The maximum Gasteiger partial charge on any atom is 0.0510 e. The lowest BCUT2D eigenvalue weighted by Crippen LogP contribution is -2.47. The van der Waals surface area contributed by atoms with Crippen molar-refractivity contribution in [2.45, 2.75) is 37.8 Å². The SMILES string of the molecule is CN(CC(N)C1CCOC1)C1CCC1. The first-order valence-electron chi connectivity index (χ1n) is 5.81. The molecule has 14 heavy (non-hydrogen) atoms. The average Bonchev–Trinajstić information content (AvgIpc) is 2.51. The van der Waals surface area contributed by atoms with Crippen LogP contribution in [0.25, 0.3) is 0 Å². The summed E-state index contributed by atoms with van der Waals surface area (Å²) in [5.74, 6) is 0.595. The Kier molecular flexibility index (Phi) is 3.42. The average molecular weight is 198 g/mol. The molecule has 0 radical (unpaired) electrons. The zero-order valence-corrected chi connectivity index (χ0v) is 9.11. The Labute approximate surface area is 86.6 Å². The summed E-state index contributed by atoms with van der Waals surface area (Å²) >= 11 is 0. The molecule has 0 spiro atoms. The Morgan fingerprint density at radius 1 is 1.43 bits per heavy atom. The van der Waals surface area contributed by atoms with Gasteiger partial charge in [0.1, 0.15) is 0 Å². The summed E-state index contributed by atoms with van der Waals surface area (Å²) in [7, 11) is 2.21. The number of ether oxygens (including phenoxy) is 1. The molecule has 2 unspecified atom stereocenters. The first kappa shape index (κ1) is 10.4. The third-order valence-electron chi connectivity index (χ3n) is 3.77. The van der Waals surface area contributed by atoms with E-state index in [0.717, 1.165) is 32.2 Å². The molecule has 2 rings (SSSR count). The van der Waals surface area contributed by atoms with Gasteiger partial charge in [0.25, 0.3) is 0 Å². The standard InChI is InChI=1S/C11H22N2O/c1-13(10-3-2-4-10)7-11(12)9-5-6-14-8-9/h9-11H,2-8,12H2,1H3. The van der Waals surface area contributed by atoms with E-state index >= 15 is 0 Å². The van der Waals surface area contributed by atoms with E-state index in [-0.39, 0.29) is 0 Å². The first-order chi connectivity index (χ1) is 6.77. The van der Waals surface area contributed by atoms with E-state index in [1.54, 1.807) is 0 Å². The quantitative estimate of drug-likeness (QED) is 0.727. The third kappa shape index (κ3) is 2.27. The van der Waals surface area contributed by atoms with Crippen LogP contribution in [0.4, 0.5) is 0 Å². The van der Waals surface area contributed by atoms with Crippen LogP contribution < -0.4 is 5.73 Å². The van der Waals surface area contributed by atoms with Crippen LogP contribution in [0, 0.1) is 5.92 Å². The van der Waals surface area contributed by atoms with Gasteiger partial charge >= 0.3 is 0 Å². The fourth-order valence-electron chi connectivity index (χ4n) is 2.35. The minimum Gasteiger partial charge on any atom is -0.381 e. The molecule has 0 aromatic carbocycles. The van der Waals surface area contributed by atoms with Crippen LogP contribution in [0.1, 0.15) is 25.7 Å². The lowest BCUT2D eigenvalue weighted by Gasteiger charge is -2.37. The molecule has 0 amide bonds. The highest BCUT2D eigenvalue weighted by atomic mass is 16.5. The number of hydrogen-bond donors (Lipinski definition) is 1. The molecule has 1 aliphatic heterocycles. The maximum atomic E-state index is 6.17. The molecule has 3 heteroatoms. The summed E-state index contributed by atoms with van der Waals surface area (Å²) in [6.45, 7) is 2.82. The van der Waals surface area contributed by atoms with Gasteiger partial charge in [-0.15, -0.1) is 0 Å². The van der Waals surface area contributed by atoms with Crippen LogP contribution >= 0.6 is 0 Å². The normalized spacial score (nSPS) is 30.6. The molecule has 2 aliphatic rings. The summed E-state index contributed by atoms with van der Waals surface area (Å²) in [6, 6.07) is 1.12. The van der Waals surface area contributed by atoms with Gasteiger partial charge in [0, 0.05) is 31.2 Å². The van der Waals surface area contributed by atoms with E-state index in [4.69, 9.17) is 10.5 Å². The van der Waals surface area contributed by atoms with Gasteiger partial charge in [-0.25, -0.2) is 0 Å². The van der Waals surface area contributed by atoms with E-state index in [1.807, 2.05) is 0 Å². The number of hydrogen-bond acceptors (Lipinski definition) is 3. The molecule has 3 nitrogen and oxygen atoms in total. The fraction of sp³-hybridized carbons (Fsp3) is 1.00. The van der Waals surface area contributed by atoms with Crippen molar-refractivity contribution >= 4 is 0 Å². The highest BCUT2D eigenvalue weighted by Gasteiger charge is 2.27. The van der Waals surface area contributed by atoms with Crippen molar-refractivity contribution in [3.63, 3.8) is 0 Å². The van der Waals surface area contributed by atoms with E-state index < -0.39 is 0 Å². The lowest BCUT2D eigenvalue weighted by atomic mass is 9.90. The largest absolute Gasteiger partial charge is 0.381 e. The van der Waals surface area contributed by atoms with Gasteiger partial charge < -0.3 is 15.4 Å². The van der Waals surface area contributed by atoms with Gasteiger partial charge in [0.15, 0.2) is 0 Å². The summed E-state index contributed by atoms with van der Waals surface area (Å²) in [4.78, 5) is 2.44. The van der Waals surface area contributed by atoms with Crippen molar-refractivity contribution in [2.75, 3.05) is 26.8 Å². The lowest BCUT2D eigenvalue weighted by molar-refractivity contribution is 0.132. The minimum atomic E-state index is 0.308. The Morgan fingerprint density at radius 2 is 2.21 bits per heavy atom. The van der Waals surface area contributed by atoms with Crippen LogP contribution in [-0.2, 0) is 4.74 Å². The topological polar surface area (TPSA) is 38.5 Å². The molecular formula is C11H22N2O. The summed E-state index contributed by atoms with van der Waals surface area (Å²) in [5, 5.41) is 0. The minimum absolute atomic E-state index is 0.308. The summed E-state index contributed by atoms with van der Waals surface area (Å²) < 4.78 is 5.36. The maximum absolute atomic E-state index is 6.17. The summed E-state index contributed by atoms with van der Waals surface area (Å²) in [6.07, 6.45) is 5.28. The second-order valence-electron chi connectivity index (χ2n) is 4.81. The third-order valence-corrected chi connectivity index (χ3v) is 3.77. The molecule has 2 N–H and O–H groups in total. The van der Waals surface area contributed by atoms with Crippen molar-refractivity contribution in [2.24, 2.45) is 11.7 Å². The fourth-order valence-corrected chi connectivity index (χ4v) is 2.35. The Bertz CT molecular complexity index is 176. The van der Waals surface area contributed by atoms with Crippen LogP contribution in [0.3, 0.4) is 0 Å². The Morgan fingerprint density at radius 3 is 2.71 bits per heavy atom. The first-order valence-corrected chi connectivity index (χ1v) is 5.81. The van der Waals surface area contributed by atoms with Crippen LogP contribution in [0.2, 0.25) is 0 Å². The molecule has 2 atom stereocenters. The molecule has 82 valence electrons. The second-order valence-corrected chi connectivity index (χ2v) is 4.81. The van der Waals surface area contributed by atoms with Crippen LogP contribution in [0.5, 0.6) is 0 Å². The smallest absolute Gasteiger partial charge is 0.0510 e. The van der Waals surface area contributed by atoms with Gasteiger partial charge in [-0.3, -0.25) is 0 Å². The predicted octanol–water partition coefficient (Wildman–Crippen LogP) is 0.834. The molecule has 1 saturated heterocycles. The van der Waals surface area contributed by atoms with E-state index in [0.29, 0.717) is 12.0 Å². The van der Waals surface area contributed by atoms with Crippen molar-refractivity contribution in [1.82, 2.24) is 4.90 Å². The Hall–Kier alpha value is -0.120.